The third kappa shape index (κ3) is 3.61. The largest absolute Gasteiger partial charge is 0.469 e. The van der Waals surface area contributed by atoms with Gasteiger partial charge in [-0.25, -0.2) is 9.97 Å². The van der Waals surface area contributed by atoms with E-state index in [1.165, 1.54) is 7.11 Å². The Morgan fingerprint density at radius 1 is 1.70 bits per heavy atom. The van der Waals surface area contributed by atoms with Crippen LogP contribution in [0.5, 0.6) is 0 Å². The Bertz CT molecular complexity index is 511. The predicted molar refractivity (Wildman–Crippen MR) is 76.5 cm³/mol. The fraction of sp³-hybridized carbons (Fsp3) is 0.500. The molecule has 1 aliphatic heterocycles. The summed E-state index contributed by atoms with van der Waals surface area (Å²) in [7, 11) is 1.36. The van der Waals surface area contributed by atoms with E-state index >= 15 is 0 Å². The number of methoxy groups -OCH3 is 1. The zero-order valence-electron chi connectivity index (χ0n) is 11.1. The molecule has 1 atom stereocenters. The van der Waals surface area contributed by atoms with Gasteiger partial charge >= 0.3 is 5.97 Å². The predicted octanol–water partition coefficient (Wildman–Crippen LogP) is -0.121. The van der Waals surface area contributed by atoms with E-state index in [0.29, 0.717) is 31.3 Å². The molecule has 0 aliphatic carbocycles. The van der Waals surface area contributed by atoms with Gasteiger partial charge in [-0.1, -0.05) is 12.2 Å². The molecule has 1 aromatic rings. The molecule has 8 heteroatoms. The molecular formula is C12H16N4O3S. The maximum absolute atomic E-state index is 11.3. The Hall–Kier alpha value is -1.80. The Kier molecular flexibility index (Phi) is 4.80. The van der Waals surface area contributed by atoms with Crippen molar-refractivity contribution in [1.82, 2.24) is 9.97 Å². The summed E-state index contributed by atoms with van der Waals surface area (Å²) in [5.74, 6) is 0.239. The second-order valence-corrected chi connectivity index (χ2v) is 4.77. The molecule has 20 heavy (non-hydrogen) atoms. The highest BCUT2D eigenvalue weighted by molar-refractivity contribution is 7.80. The van der Waals surface area contributed by atoms with E-state index in [4.69, 9.17) is 22.7 Å². The zero-order valence-corrected chi connectivity index (χ0v) is 11.9. The van der Waals surface area contributed by atoms with Crippen molar-refractivity contribution in [2.75, 3.05) is 31.7 Å². The number of aromatic nitrogens is 2. The van der Waals surface area contributed by atoms with Gasteiger partial charge in [0.1, 0.15) is 10.7 Å². The molecule has 2 heterocycles. The molecule has 0 amide bonds. The number of thiocarbonyl (C=S) groups is 1. The highest BCUT2D eigenvalue weighted by atomic mass is 32.1. The van der Waals surface area contributed by atoms with Crippen LogP contribution in [-0.4, -0.2) is 53.8 Å². The Labute approximate surface area is 122 Å². The fourth-order valence-corrected chi connectivity index (χ4v) is 2.05. The molecule has 2 N–H and O–H groups in total. The summed E-state index contributed by atoms with van der Waals surface area (Å²) in [6.07, 6.45) is 1.59. The van der Waals surface area contributed by atoms with Crippen LogP contribution in [0.1, 0.15) is 12.1 Å². The van der Waals surface area contributed by atoms with Crippen LogP contribution in [0.15, 0.2) is 12.3 Å². The summed E-state index contributed by atoms with van der Waals surface area (Å²) in [6.45, 7) is 1.68. The minimum absolute atomic E-state index is 0.210. The first-order valence-corrected chi connectivity index (χ1v) is 6.57. The van der Waals surface area contributed by atoms with Crippen LogP contribution in [0.2, 0.25) is 0 Å². The summed E-state index contributed by atoms with van der Waals surface area (Å²) >= 11 is 4.90. The quantitative estimate of drug-likeness (QED) is 0.607. The molecule has 2 rings (SSSR count). The van der Waals surface area contributed by atoms with Crippen molar-refractivity contribution in [3.8, 4) is 0 Å². The minimum atomic E-state index is -0.297. The van der Waals surface area contributed by atoms with Crippen LogP contribution >= 0.6 is 12.2 Å². The SMILES string of the molecule is COC(=O)CC1CN(c2nccc(C(N)=S)n2)CCO1. The molecule has 0 aromatic carbocycles. The molecule has 0 bridgehead atoms. The molecule has 0 saturated carbocycles. The van der Waals surface area contributed by atoms with Crippen LogP contribution in [-0.2, 0) is 14.3 Å². The number of carbonyl (C=O) groups excluding carboxylic acids is 1. The second-order valence-electron chi connectivity index (χ2n) is 4.33. The molecular weight excluding hydrogens is 280 g/mol. The van der Waals surface area contributed by atoms with Gasteiger partial charge in [-0.2, -0.15) is 0 Å². The average Bonchev–Trinajstić information content (AvgIpc) is 2.47. The lowest BCUT2D eigenvalue weighted by atomic mass is 10.2. The number of hydrogen-bond acceptors (Lipinski definition) is 7. The normalized spacial score (nSPS) is 18.6. The monoisotopic (exact) mass is 296 g/mol. The van der Waals surface area contributed by atoms with Crippen molar-refractivity contribution in [3.05, 3.63) is 18.0 Å². The van der Waals surface area contributed by atoms with E-state index in [-0.39, 0.29) is 23.5 Å². The molecule has 1 aromatic heterocycles. The van der Waals surface area contributed by atoms with Gasteiger partial charge in [0.05, 0.1) is 26.2 Å². The van der Waals surface area contributed by atoms with Crippen LogP contribution < -0.4 is 10.6 Å². The maximum Gasteiger partial charge on any atom is 0.308 e. The number of esters is 1. The number of ether oxygens (including phenoxy) is 2. The van der Waals surface area contributed by atoms with E-state index < -0.39 is 0 Å². The van der Waals surface area contributed by atoms with E-state index in [1.807, 2.05) is 4.90 Å². The Morgan fingerprint density at radius 3 is 3.20 bits per heavy atom. The van der Waals surface area contributed by atoms with Gasteiger partial charge in [0, 0.05) is 19.3 Å². The number of nitrogens with zero attached hydrogens (tertiary/aromatic N) is 3. The lowest BCUT2D eigenvalue weighted by Crippen LogP contribution is -2.44. The van der Waals surface area contributed by atoms with Crippen LogP contribution in [0.25, 0.3) is 0 Å². The number of carbonyl (C=O) groups is 1. The first kappa shape index (κ1) is 14.6. The summed E-state index contributed by atoms with van der Waals surface area (Å²) < 4.78 is 10.2. The topological polar surface area (TPSA) is 90.6 Å². The molecule has 1 aliphatic rings. The summed E-state index contributed by atoms with van der Waals surface area (Å²) in [4.78, 5) is 22.0. The van der Waals surface area contributed by atoms with Crippen molar-refractivity contribution < 1.29 is 14.3 Å². The molecule has 1 unspecified atom stereocenters. The zero-order chi connectivity index (χ0) is 14.5. The van der Waals surface area contributed by atoms with Crippen molar-refractivity contribution in [2.24, 2.45) is 5.73 Å². The Balaban J connectivity index is 2.06. The fourth-order valence-electron chi connectivity index (χ4n) is 1.93. The first-order chi connectivity index (χ1) is 9.60. The number of nitrogens with two attached hydrogens (primary N) is 1. The van der Waals surface area contributed by atoms with Crippen LogP contribution in [0.3, 0.4) is 0 Å². The van der Waals surface area contributed by atoms with E-state index in [2.05, 4.69) is 14.7 Å². The third-order valence-electron chi connectivity index (χ3n) is 2.94. The van der Waals surface area contributed by atoms with Gasteiger partial charge < -0.3 is 20.1 Å². The average molecular weight is 296 g/mol. The van der Waals surface area contributed by atoms with Crippen molar-refractivity contribution >= 4 is 29.1 Å². The van der Waals surface area contributed by atoms with E-state index in [1.54, 1.807) is 12.3 Å². The smallest absolute Gasteiger partial charge is 0.308 e. The van der Waals surface area contributed by atoms with Crippen LogP contribution in [0.4, 0.5) is 5.95 Å². The third-order valence-corrected chi connectivity index (χ3v) is 3.15. The van der Waals surface area contributed by atoms with Gasteiger partial charge in [0.15, 0.2) is 0 Å². The van der Waals surface area contributed by atoms with Crippen molar-refractivity contribution in [3.63, 3.8) is 0 Å². The summed E-state index contributed by atoms with van der Waals surface area (Å²) in [5, 5.41) is 0. The summed E-state index contributed by atoms with van der Waals surface area (Å²) in [6, 6.07) is 1.66. The van der Waals surface area contributed by atoms with Crippen molar-refractivity contribution in [1.29, 1.82) is 0 Å². The first-order valence-electron chi connectivity index (χ1n) is 6.16. The van der Waals surface area contributed by atoms with E-state index in [9.17, 15) is 4.79 Å². The van der Waals surface area contributed by atoms with Crippen molar-refractivity contribution in [2.45, 2.75) is 12.5 Å². The molecule has 1 fully saturated rings. The van der Waals surface area contributed by atoms with Crippen LogP contribution in [0, 0.1) is 0 Å². The van der Waals surface area contributed by atoms with E-state index in [0.717, 1.165) is 0 Å². The second kappa shape index (κ2) is 6.58. The molecule has 0 spiro atoms. The van der Waals surface area contributed by atoms with Gasteiger partial charge in [0.25, 0.3) is 0 Å². The lowest BCUT2D eigenvalue weighted by molar-refractivity contribution is -0.144. The Morgan fingerprint density at radius 2 is 2.50 bits per heavy atom. The number of anilines is 1. The van der Waals surface area contributed by atoms with Gasteiger partial charge in [0.2, 0.25) is 5.95 Å². The van der Waals surface area contributed by atoms with Gasteiger partial charge in [-0.05, 0) is 6.07 Å². The number of hydrogen-bond donors (Lipinski definition) is 1. The molecule has 1 saturated heterocycles. The maximum atomic E-state index is 11.3. The molecule has 108 valence electrons. The van der Waals surface area contributed by atoms with Gasteiger partial charge in [-0.3, -0.25) is 4.79 Å². The minimum Gasteiger partial charge on any atom is -0.469 e. The highest BCUT2D eigenvalue weighted by Gasteiger charge is 2.25. The molecule has 0 radical (unpaired) electrons. The standard InChI is InChI=1S/C12H16N4O3S/c1-18-10(17)6-8-7-16(4-5-19-8)12-14-3-2-9(15-12)11(13)20/h2-3,8H,4-7H2,1H3,(H2,13,20). The number of rotatable bonds is 4. The highest BCUT2D eigenvalue weighted by Crippen LogP contribution is 2.15. The molecule has 7 nitrogen and oxygen atoms in total. The lowest BCUT2D eigenvalue weighted by Gasteiger charge is -2.32. The summed E-state index contributed by atoms with van der Waals surface area (Å²) in [5.41, 5.74) is 6.09. The number of morpholine rings is 1. The van der Waals surface area contributed by atoms with Gasteiger partial charge in [-0.15, -0.1) is 0 Å².